The van der Waals surface area contributed by atoms with Crippen LogP contribution in [0.2, 0.25) is 0 Å². The maximum Gasteiger partial charge on any atom is 0.485 e. The van der Waals surface area contributed by atoms with Gasteiger partial charge >= 0.3 is 5.51 Å². The van der Waals surface area contributed by atoms with Gasteiger partial charge in [0.2, 0.25) is 5.69 Å². The molecule has 1 aromatic rings. The third kappa shape index (κ3) is 4.59. The summed E-state index contributed by atoms with van der Waals surface area (Å²) in [4.78, 5) is 0. The number of halogens is 4. The summed E-state index contributed by atoms with van der Waals surface area (Å²) in [6, 6.07) is 4.13. The van der Waals surface area contributed by atoms with Gasteiger partial charge in [-0.05, 0) is 22.0 Å². The molecule has 0 atom stereocenters. The van der Waals surface area contributed by atoms with Gasteiger partial charge in [0.15, 0.2) is 22.9 Å². The SMILES string of the molecule is Brc1ccc[n+]2c1C=CCC2.O=S(=O)([O-])C(F)(F)F. The van der Waals surface area contributed by atoms with Crippen LogP contribution < -0.4 is 4.57 Å². The third-order valence-electron chi connectivity index (χ3n) is 2.16. The minimum atomic E-state index is -6.09. The molecule has 9 heteroatoms. The van der Waals surface area contributed by atoms with Crippen LogP contribution >= 0.6 is 15.9 Å². The van der Waals surface area contributed by atoms with E-state index in [4.69, 9.17) is 13.0 Å². The zero-order chi connectivity index (χ0) is 14.7. The number of nitrogens with zero attached hydrogens (tertiary/aromatic N) is 1. The van der Waals surface area contributed by atoms with Crippen molar-refractivity contribution in [2.24, 2.45) is 0 Å². The van der Waals surface area contributed by atoms with Crippen molar-refractivity contribution in [2.75, 3.05) is 0 Å². The number of aromatic nitrogens is 1. The monoisotopic (exact) mass is 359 g/mol. The molecule has 0 N–H and O–H groups in total. The first-order valence-corrected chi connectivity index (χ1v) is 7.19. The molecule has 1 aliphatic rings. The second-order valence-electron chi connectivity index (χ2n) is 3.53. The fourth-order valence-electron chi connectivity index (χ4n) is 1.31. The van der Waals surface area contributed by atoms with Crippen molar-refractivity contribution >= 4 is 32.1 Å². The number of hydrogen-bond acceptors (Lipinski definition) is 3. The number of alkyl halides is 3. The van der Waals surface area contributed by atoms with Crippen LogP contribution in [0.3, 0.4) is 0 Å². The van der Waals surface area contributed by atoms with Crippen LogP contribution in [0.4, 0.5) is 13.2 Å². The van der Waals surface area contributed by atoms with Gasteiger partial charge in [-0.25, -0.2) is 8.42 Å². The highest BCUT2D eigenvalue weighted by molar-refractivity contribution is 9.10. The van der Waals surface area contributed by atoms with E-state index in [1.165, 1.54) is 10.2 Å². The maximum atomic E-state index is 10.7. The van der Waals surface area contributed by atoms with Gasteiger partial charge in [-0.15, -0.1) is 0 Å². The van der Waals surface area contributed by atoms with Crippen LogP contribution in [0.1, 0.15) is 12.1 Å². The lowest BCUT2D eigenvalue weighted by Gasteiger charge is -2.08. The number of fused-ring (bicyclic) bond motifs is 1. The van der Waals surface area contributed by atoms with Crippen LogP contribution in [0.5, 0.6) is 0 Å². The summed E-state index contributed by atoms with van der Waals surface area (Å²) in [5, 5.41) is 0. The predicted molar refractivity (Wildman–Crippen MR) is 63.7 cm³/mol. The van der Waals surface area contributed by atoms with Crippen molar-refractivity contribution in [1.82, 2.24) is 0 Å². The summed E-state index contributed by atoms with van der Waals surface area (Å²) in [5.74, 6) is 0. The summed E-state index contributed by atoms with van der Waals surface area (Å²) in [6.45, 7) is 1.10. The van der Waals surface area contributed by atoms with E-state index in [0.717, 1.165) is 13.0 Å². The van der Waals surface area contributed by atoms with Gasteiger partial charge in [-0.1, -0.05) is 6.08 Å². The van der Waals surface area contributed by atoms with Crippen LogP contribution in [-0.4, -0.2) is 18.5 Å². The van der Waals surface area contributed by atoms with Crippen molar-refractivity contribution in [1.29, 1.82) is 0 Å². The van der Waals surface area contributed by atoms with Gasteiger partial charge in [0.05, 0.1) is 4.47 Å². The molecule has 2 heterocycles. The number of allylic oxidation sites excluding steroid dienone is 1. The molecule has 106 valence electrons. The van der Waals surface area contributed by atoms with E-state index in [9.17, 15) is 13.2 Å². The molecule has 0 amide bonds. The molecule has 2 rings (SSSR count). The van der Waals surface area contributed by atoms with Gasteiger partial charge in [-0.3, -0.25) is 0 Å². The molecule has 0 radical (unpaired) electrons. The Morgan fingerprint density at radius 2 is 1.95 bits per heavy atom. The van der Waals surface area contributed by atoms with Crippen molar-refractivity contribution in [3.05, 3.63) is 34.6 Å². The minimum Gasteiger partial charge on any atom is -0.741 e. The number of pyridine rings is 1. The first-order valence-electron chi connectivity index (χ1n) is 4.99. The van der Waals surface area contributed by atoms with Crippen LogP contribution in [0.25, 0.3) is 6.08 Å². The Bertz CT molecular complexity index is 584. The Balaban J connectivity index is 0.000000203. The highest BCUT2D eigenvalue weighted by atomic mass is 79.9. The number of aryl methyl sites for hydroxylation is 1. The molecule has 0 aromatic carbocycles. The molecule has 0 fully saturated rings. The molecule has 0 unspecified atom stereocenters. The summed E-state index contributed by atoms with van der Waals surface area (Å²) in [7, 11) is -6.09. The third-order valence-corrected chi connectivity index (χ3v) is 3.40. The van der Waals surface area contributed by atoms with E-state index in [1.54, 1.807) is 0 Å². The zero-order valence-electron chi connectivity index (χ0n) is 9.39. The summed E-state index contributed by atoms with van der Waals surface area (Å²) < 4.78 is 62.3. The topological polar surface area (TPSA) is 61.1 Å². The lowest BCUT2D eigenvalue weighted by molar-refractivity contribution is -0.699. The first kappa shape index (κ1) is 16.1. The molecule has 1 aromatic heterocycles. The zero-order valence-corrected chi connectivity index (χ0v) is 11.8. The number of hydrogen-bond donors (Lipinski definition) is 0. The summed E-state index contributed by atoms with van der Waals surface area (Å²) in [6.07, 6.45) is 7.63. The standard InChI is InChI=1S/C9H9BrN.CHF3O3S/c10-8-4-3-7-11-6-2-1-5-9(8)11;2-1(3,4)8(5,6)7/h1,3-5,7H,2,6H2;(H,5,6,7)/q+1;/p-1. The van der Waals surface area contributed by atoms with Crippen molar-refractivity contribution < 1.29 is 30.7 Å². The Hall–Kier alpha value is -0.930. The second kappa shape index (κ2) is 6.02. The fraction of sp³-hybridized carbons (Fsp3) is 0.300. The van der Waals surface area contributed by atoms with Crippen molar-refractivity contribution in [3.8, 4) is 0 Å². The number of rotatable bonds is 0. The molecule has 0 aliphatic carbocycles. The molecule has 4 nitrogen and oxygen atoms in total. The van der Waals surface area contributed by atoms with Crippen molar-refractivity contribution in [2.45, 2.75) is 18.5 Å². The average molecular weight is 360 g/mol. The lowest BCUT2D eigenvalue weighted by Crippen LogP contribution is -2.38. The molecular formula is C10H9BrF3NO3S. The van der Waals surface area contributed by atoms with Gasteiger partial charge < -0.3 is 4.55 Å². The molecule has 0 saturated carbocycles. The van der Waals surface area contributed by atoms with E-state index in [-0.39, 0.29) is 0 Å². The first-order chi connectivity index (χ1) is 8.63. The Kier molecular flexibility index (Phi) is 5.11. The summed E-state index contributed by atoms with van der Waals surface area (Å²) in [5.41, 5.74) is -4.37. The molecule has 0 bridgehead atoms. The Morgan fingerprint density at radius 1 is 1.37 bits per heavy atom. The van der Waals surface area contributed by atoms with Gasteiger partial charge in [0.1, 0.15) is 0 Å². The summed E-state index contributed by atoms with van der Waals surface area (Å²) >= 11 is 3.51. The lowest BCUT2D eigenvalue weighted by atomic mass is 10.2. The van der Waals surface area contributed by atoms with E-state index in [0.29, 0.717) is 0 Å². The van der Waals surface area contributed by atoms with E-state index >= 15 is 0 Å². The largest absolute Gasteiger partial charge is 0.741 e. The Morgan fingerprint density at radius 3 is 2.42 bits per heavy atom. The molecular weight excluding hydrogens is 351 g/mol. The molecule has 19 heavy (non-hydrogen) atoms. The smallest absolute Gasteiger partial charge is 0.485 e. The maximum absolute atomic E-state index is 10.7. The fourth-order valence-corrected chi connectivity index (χ4v) is 1.83. The van der Waals surface area contributed by atoms with Crippen LogP contribution in [0, 0.1) is 0 Å². The van der Waals surface area contributed by atoms with Gasteiger partial charge in [0, 0.05) is 18.6 Å². The van der Waals surface area contributed by atoms with Crippen molar-refractivity contribution in [3.63, 3.8) is 0 Å². The van der Waals surface area contributed by atoms with E-state index in [2.05, 4.69) is 51.0 Å². The van der Waals surface area contributed by atoms with Gasteiger partial charge in [-0.2, -0.15) is 17.7 Å². The van der Waals surface area contributed by atoms with E-state index < -0.39 is 15.6 Å². The normalized spacial score (nSPS) is 14.4. The molecule has 0 spiro atoms. The average Bonchev–Trinajstić information content (AvgIpc) is 2.28. The molecule has 0 saturated heterocycles. The van der Waals surface area contributed by atoms with E-state index in [1.807, 2.05) is 0 Å². The van der Waals surface area contributed by atoms with Gasteiger partial charge in [0.25, 0.3) is 0 Å². The highest BCUT2D eigenvalue weighted by Crippen LogP contribution is 2.20. The molecule has 1 aliphatic heterocycles. The Labute approximate surface area is 116 Å². The van der Waals surface area contributed by atoms with Crippen LogP contribution in [-0.2, 0) is 16.7 Å². The van der Waals surface area contributed by atoms with Crippen LogP contribution in [0.15, 0.2) is 28.9 Å². The highest BCUT2D eigenvalue weighted by Gasteiger charge is 2.36. The minimum absolute atomic E-state index is 1.10. The second-order valence-corrected chi connectivity index (χ2v) is 5.75. The quantitative estimate of drug-likeness (QED) is 0.405. The predicted octanol–water partition coefficient (Wildman–Crippen LogP) is 2.20.